The van der Waals surface area contributed by atoms with Crippen LogP contribution >= 0.6 is 0 Å². The maximum atomic E-state index is 10.9. The van der Waals surface area contributed by atoms with E-state index in [9.17, 15) is 15.0 Å². The van der Waals surface area contributed by atoms with Crippen LogP contribution in [0.4, 0.5) is 5.82 Å². The number of nitrogens with one attached hydrogen (secondary N) is 1. The average Bonchev–Trinajstić information content (AvgIpc) is 2.65. The number of amides is 1. The van der Waals surface area contributed by atoms with Crippen molar-refractivity contribution in [3.05, 3.63) is 18.6 Å². The lowest BCUT2D eigenvalue weighted by Crippen LogP contribution is -2.51. The predicted octanol–water partition coefficient (Wildman–Crippen LogP) is -1.48. The van der Waals surface area contributed by atoms with E-state index in [2.05, 4.69) is 15.3 Å². The van der Waals surface area contributed by atoms with Gasteiger partial charge in [-0.1, -0.05) is 0 Å². The molecule has 1 saturated heterocycles. The molecule has 98 valence electrons. The van der Waals surface area contributed by atoms with Crippen molar-refractivity contribution >= 4 is 11.7 Å². The van der Waals surface area contributed by atoms with E-state index in [0.717, 1.165) is 0 Å². The molecule has 1 amide bonds. The molecule has 0 bridgehead atoms. The second-order valence-electron chi connectivity index (χ2n) is 4.48. The Balaban J connectivity index is 2.06. The minimum atomic E-state index is -1.35. The summed E-state index contributed by atoms with van der Waals surface area (Å²) >= 11 is 0. The largest absolute Gasteiger partial charge is 0.388 e. The van der Waals surface area contributed by atoms with Crippen molar-refractivity contribution in [1.82, 2.24) is 15.3 Å². The van der Waals surface area contributed by atoms with Crippen LogP contribution in [0, 0.1) is 0 Å². The molecule has 1 aliphatic rings. The molecule has 2 heterocycles. The highest BCUT2D eigenvalue weighted by molar-refractivity contribution is 5.72. The summed E-state index contributed by atoms with van der Waals surface area (Å²) in [5.41, 5.74) is -1.35. The van der Waals surface area contributed by atoms with Gasteiger partial charge >= 0.3 is 0 Å². The van der Waals surface area contributed by atoms with E-state index >= 15 is 0 Å². The first kappa shape index (κ1) is 12.7. The third-order valence-electron chi connectivity index (χ3n) is 3.01. The molecule has 2 rings (SSSR count). The zero-order chi connectivity index (χ0) is 13.2. The minimum absolute atomic E-state index is 0.0189. The van der Waals surface area contributed by atoms with E-state index in [0.29, 0.717) is 5.82 Å². The van der Waals surface area contributed by atoms with Gasteiger partial charge in [0.05, 0.1) is 13.1 Å². The Morgan fingerprint density at radius 2 is 2.50 bits per heavy atom. The SMILES string of the molecule is CC(=O)NC[C@]1(O)CN(c2ccncn2)C[C@H]1O. The number of anilines is 1. The maximum Gasteiger partial charge on any atom is 0.216 e. The fraction of sp³-hybridized carbons (Fsp3) is 0.545. The van der Waals surface area contributed by atoms with Crippen molar-refractivity contribution in [3.63, 3.8) is 0 Å². The molecule has 0 saturated carbocycles. The van der Waals surface area contributed by atoms with Crippen LogP contribution in [0.3, 0.4) is 0 Å². The molecule has 0 spiro atoms. The van der Waals surface area contributed by atoms with Crippen molar-refractivity contribution in [2.24, 2.45) is 0 Å². The second-order valence-corrected chi connectivity index (χ2v) is 4.48. The van der Waals surface area contributed by atoms with Crippen LogP contribution in [-0.4, -0.2) is 57.4 Å². The number of carbonyl (C=O) groups excluding carboxylic acids is 1. The van der Waals surface area contributed by atoms with Crippen LogP contribution in [-0.2, 0) is 4.79 Å². The molecule has 0 unspecified atom stereocenters. The standard InChI is InChI=1S/C11H16N4O3/c1-8(16)13-5-11(18)6-15(4-9(11)17)10-2-3-12-7-14-10/h2-3,7,9,17-18H,4-6H2,1H3,(H,13,16)/t9-,11+/m1/s1. The van der Waals surface area contributed by atoms with E-state index in [-0.39, 0.29) is 25.5 Å². The van der Waals surface area contributed by atoms with E-state index in [4.69, 9.17) is 0 Å². The summed E-state index contributed by atoms with van der Waals surface area (Å²) in [6.45, 7) is 1.87. The van der Waals surface area contributed by atoms with Gasteiger partial charge in [0.15, 0.2) is 0 Å². The Kier molecular flexibility index (Phi) is 3.44. The predicted molar refractivity (Wildman–Crippen MR) is 63.9 cm³/mol. The van der Waals surface area contributed by atoms with Gasteiger partial charge < -0.3 is 20.4 Å². The van der Waals surface area contributed by atoms with Crippen LogP contribution in [0.15, 0.2) is 18.6 Å². The first-order valence-electron chi connectivity index (χ1n) is 5.67. The fourth-order valence-electron chi connectivity index (χ4n) is 1.98. The number of β-amino-alcohol motifs (C(OH)–C–C–N with tert-alkyl or cyclic N) is 2. The number of aromatic nitrogens is 2. The molecule has 3 N–H and O–H groups in total. The highest BCUT2D eigenvalue weighted by Gasteiger charge is 2.44. The number of hydrogen-bond donors (Lipinski definition) is 3. The van der Waals surface area contributed by atoms with Crippen molar-refractivity contribution in [2.45, 2.75) is 18.6 Å². The minimum Gasteiger partial charge on any atom is -0.388 e. The second kappa shape index (κ2) is 4.87. The van der Waals surface area contributed by atoms with E-state index < -0.39 is 11.7 Å². The van der Waals surface area contributed by atoms with Crippen LogP contribution in [0.1, 0.15) is 6.92 Å². The average molecular weight is 252 g/mol. The Morgan fingerprint density at radius 1 is 1.72 bits per heavy atom. The molecule has 1 aromatic heterocycles. The Labute approximate surface area is 104 Å². The van der Waals surface area contributed by atoms with Gasteiger partial charge in [-0.2, -0.15) is 0 Å². The normalized spacial score (nSPS) is 27.3. The lowest BCUT2D eigenvalue weighted by Gasteiger charge is -2.25. The van der Waals surface area contributed by atoms with Gasteiger partial charge in [0.2, 0.25) is 5.91 Å². The van der Waals surface area contributed by atoms with Crippen LogP contribution in [0.2, 0.25) is 0 Å². The molecular formula is C11H16N4O3. The van der Waals surface area contributed by atoms with E-state index in [1.807, 2.05) is 0 Å². The molecule has 2 atom stereocenters. The summed E-state index contributed by atoms with van der Waals surface area (Å²) in [7, 11) is 0. The van der Waals surface area contributed by atoms with Crippen molar-refractivity contribution < 1.29 is 15.0 Å². The first-order chi connectivity index (χ1) is 8.51. The number of nitrogens with zero attached hydrogens (tertiary/aromatic N) is 3. The highest BCUT2D eigenvalue weighted by atomic mass is 16.3. The van der Waals surface area contributed by atoms with Gasteiger partial charge in [0.1, 0.15) is 23.9 Å². The third kappa shape index (κ3) is 2.57. The molecule has 7 nitrogen and oxygen atoms in total. The molecule has 1 aliphatic heterocycles. The lowest BCUT2D eigenvalue weighted by molar-refractivity contribution is -0.121. The molecule has 7 heteroatoms. The van der Waals surface area contributed by atoms with Crippen molar-refractivity contribution in [2.75, 3.05) is 24.5 Å². The molecule has 0 radical (unpaired) electrons. The van der Waals surface area contributed by atoms with Gasteiger partial charge in [0.25, 0.3) is 0 Å². The topological polar surface area (TPSA) is 98.6 Å². The molecule has 1 aromatic rings. The Morgan fingerprint density at radius 3 is 3.11 bits per heavy atom. The monoisotopic (exact) mass is 252 g/mol. The molecule has 18 heavy (non-hydrogen) atoms. The lowest BCUT2D eigenvalue weighted by atomic mass is 10.0. The summed E-state index contributed by atoms with van der Waals surface area (Å²) in [5, 5.41) is 22.7. The molecular weight excluding hydrogens is 236 g/mol. The quantitative estimate of drug-likeness (QED) is 0.607. The molecule has 1 fully saturated rings. The zero-order valence-corrected chi connectivity index (χ0v) is 10.1. The number of hydrogen-bond acceptors (Lipinski definition) is 6. The number of rotatable bonds is 3. The van der Waals surface area contributed by atoms with Crippen LogP contribution < -0.4 is 10.2 Å². The number of aliphatic hydroxyl groups excluding tert-OH is 1. The van der Waals surface area contributed by atoms with Crippen molar-refractivity contribution in [3.8, 4) is 0 Å². The van der Waals surface area contributed by atoms with E-state index in [1.165, 1.54) is 13.3 Å². The van der Waals surface area contributed by atoms with Crippen LogP contribution in [0.5, 0.6) is 0 Å². The van der Waals surface area contributed by atoms with Crippen LogP contribution in [0.25, 0.3) is 0 Å². The number of aliphatic hydroxyl groups is 2. The summed E-state index contributed by atoms with van der Waals surface area (Å²) in [5.74, 6) is 0.402. The number of carbonyl (C=O) groups is 1. The first-order valence-corrected chi connectivity index (χ1v) is 5.67. The maximum absolute atomic E-state index is 10.9. The third-order valence-corrected chi connectivity index (χ3v) is 3.01. The zero-order valence-electron chi connectivity index (χ0n) is 10.1. The van der Waals surface area contributed by atoms with E-state index in [1.54, 1.807) is 17.2 Å². The van der Waals surface area contributed by atoms with Gasteiger partial charge in [0, 0.05) is 19.7 Å². The fourth-order valence-corrected chi connectivity index (χ4v) is 1.98. The summed E-state index contributed by atoms with van der Waals surface area (Å²) in [4.78, 5) is 20.5. The smallest absolute Gasteiger partial charge is 0.216 e. The summed E-state index contributed by atoms with van der Waals surface area (Å²) < 4.78 is 0. The van der Waals surface area contributed by atoms with Gasteiger partial charge in [-0.15, -0.1) is 0 Å². The molecule has 0 aromatic carbocycles. The Bertz CT molecular complexity index is 428. The Hall–Kier alpha value is -1.73. The highest BCUT2D eigenvalue weighted by Crippen LogP contribution is 2.25. The van der Waals surface area contributed by atoms with Gasteiger partial charge in [-0.3, -0.25) is 4.79 Å². The van der Waals surface area contributed by atoms with Crippen molar-refractivity contribution in [1.29, 1.82) is 0 Å². The molecule has 0 aliphatic carbocycles. The van der Waals surface area contributed by atoms with Gasteiger partial charge in [-0.25, -0.2) is 9.97 Å². The summed E-state index contributed by atoms with van der Waals surface area (Å²) in [6.07, 6.45) is 2.08. The van der Waals surface area contributed by atoms with Gasteiger partial charge in [-0.05, 0) is 6.07 Å². The summed E-state index contributed by atoms with van der Waals surface area (Å²) in [6, 6.07) is 1.71.